The molecule has 0 saturated heterocycles. The molecular formula is C34H26N2O2. The number of hydrogen-bond acceptors (Lipinski definition) is 2. The summed E-state index contributed by atoms with van der Waals surface area (Å²) < 4.78 is 2.18. The van der Waals surface area contributed by atoms with Crippen molar-refractivity contribution in [1.29, 1.82) is 0 Å². The van der Waals surface area contributed by atoms with Gasteiger partial charge in [-0.1, -0.05) is 72.8 Å². The van der Waals surface area contributed by atoms with Crippen molar-refractivity contribution in [3.05, 3.63) is 118 Å². The Hall–Kier alpha value is -4.70. The molecular weight excluding hydrogens is 468 g/mol. The fourth-order valence-corrected chi connectivity index (χ4v) is 6.24. The van der Waals surface area contributed by atoms with Crippen molar-refractivity contribution >= 4 is 50.1 Å². The second-order valence-electron chi connectivity index (χ2n) is 10.2. The van der Waals surface area contributed by atoms with Crippen LogP contribution in [-0.2, 0) is 0 Å². The molecule has 38 heavy (non-hydrogen) atoms. The zero-order chi connectivity index (χ0) is 26.3. The molecule has 1 aromatic heterocycles. The van der Waals surface area contributed by atoms with Crippen molar-refractivity contribution in [1.82, 2.24) is 4.57 Å². The van der Waals surface area contributed by atoms with Gasteiger partial charge in [0.25, 0.3) is 11.8 Å². The zero-order valence-corrected chi connectivity index (χ0v) is 21.8. The third-order valence-electron chi connectivity index (χ3n) is 8.31. The van der Waals surface area contributed by atoms with Crippen molar-refractivity contribution in [2.45, 2.75) is 27.7 Å². The molecule has 5 aromatic carbocycles. The standard InChI is InChI=1S/C34H26N2O2/c1-19-17-18-23-11-5-6-12-24(23)31(19)36-33(37)29-21(3)20(2)22(4)32(30(29)34(36)38)35-27-15-9-7-13-25(27)26-14-8-10-16-28(26)35/h5-18H,1-4H3. The SMILES string of the molecule is Cc1ccc2ccccc2c1N1C(=O)c2c(C)c(C)c(C)c(-n3c4ccccc4c4ccccc43)c2C1=O. The Bertz CT molecular complexity index is 1960. The molecule has 7 rings (SSSR count). The zero-order valence-electron chi connectivity index (χ0n) is 21.8. The van der Waals surface area contributed by atoms with Gasteiger partial charge >= 0.3 is 0 Å². The number of para-hydroxylation sites is 2. The Labute approximate surface area is 220 Å². The van der Waals surface area contributed by atoms with E-state index in [4.69, 9.17) is 0 Å². The lowest BCUT2D eigenvalue weighted by Crippen LogP contribution is -2.30. The first-order valence-corrected chi connectivity index (χ1v) is 12.9. The highest BCUT2D eigenvalue weighted by atomic mass is 16.2. The second-order valence-corrected chi connectivity index (χ2v) is 10.2. The number of fused-ring (bicyclic) bond motifs is 5. The Morgan fingerprint density at radius 3 is 1.71 bits per heavy atom. The summed E-state index contributed by atoms with van der Waals surface area (Å²) in [4.78, 5) is 30.1. The van der Waals surface area contributed by atoms with Gasteiger partial charge in [0.1, 0.15) is 0 Å². The summed E-state index contributed by atoms with van der Waals surface area (Å²) in [5.41, 5.74) is 8.25. The molecule has 0 spiro atoms. The van der Waals surface area contributed by atoms with Gasteiger partial charge in [0.05, 0.1) is 33.5 Å². The summed E-state index contributed by atoms with van der Waals surface area (Å²) in [6.45, 7) is 8.03. The minimum atomic E-state index is -0.271. The monoisotopic (exact) mass is 494 g/mol. The number of hydrogen-bond donors (Lipinski definition) is 0. The first-order valence-electron chi connectivity index (χ1n) is 12.9. The smallest absolute Gasteiger partial charge is 0.268 e. The molecule has 0 unspecified atom stereocenters. The first-order chi connectivity index (χ1) is 18.4. The number of carbonyl (C=O) groups excluding carboxylic acids is 2. The lowest BCUT2D eigenvalue weighted by Gasteiger charge is -2.20. The molecule has 0 atom stereocenters. The normalized spacial score (nSPS) is 13.3. The van der Waals surface area contributed by atoms with Crippen molar-refractivity contribution in [3.63, 3.8) is 0 Å². The van der Waals surface area contributed by atoms with E-state index in [0.29, 0.717) is 16.8 Å². The van der Waals surface area contributed by atoms with E-state index in [1.807, 2.05) is 81.4 Å². The predicted octanol–water partition coefficient (Wildman–Crippen LogP) is 7.97. The molecule has 0 saturated carbocycles. The summed E-state index contributed by atoms with van der Waals surface area (Å²) in [6.07, 6.45) is 0. The lowest BCUT2D eigenvalue weighted by molar-refractivity contribution is 0.0926. The number of rotatable bonds is 2. The quantitative estimate of drug-likeness (QED) is 0.229. The number of imide groups is 1. The Morgan fingerprint density at radius 1 is 0.500 bits per heavy atom. The van der Waals surface area contributed by atoms with E-state index in [9.17, 15) is 9.59 Å². The van der Waals surface area contributed by atoms with Gasteiger partial charge in [-0.3, -0.25) is 9.59 Å². The molecule has 2 amide bonds. The summed E-state index contributed by atoms with van der Waals surface area (Å²) in [6, 6.07) is 28.5. The van der Waals surface area contributed by atoms with Crippen molar-refractivity contribution < 1.29 is 9.59 Å². The minimum absolute atomic E-state index is 0.257. The maximum absolute atomic E-state index is 14.5. The van der Waals surface area contributed by atoms with Crippen molar-refractivity contribution in [2.75, 3.05) is 4.90 Å². The van der Waals surface area contributed by atoms with Crippen LogP contribution in [0.2, 0.25) is 0 Å². The Balaban J connectivity index is 1.60. The lowest BCUT2D eigenvalue weighted by atomic mass is 9.92. The van der Waals surface area contributed by atoms with E-state index in [-0.39, 0.29) is 11.8 Å². The molecule has 4 heteroatoms. The van der Waals surface area contributed by atoms with Crippen LogP contribution >= 0.6 is 0 Å². The van der Waals surface area contributed by atoms with E-state index in [0.717, 1.165) is 60.5 Å². The van der Waals surface area contributed by atoms with E-state index < -0.39 is 0 Å². The fraction of sp³-hybridized carbons (Fsp3) is 0.118. The average Bonchev–Trinajstić information content (AvgIpc) is 3.39. The largest absolute Gasteiger partial charge is 0.308 e. The van der Waals surface area contributed by atoms with Crippen molar-refractivity contribution in [2.24, 2.45) is 0 Å². The highest BCUT2D eigenvalue weighted by Gasteiger charge is 2.43. The van der Waals surface area contributed by atoms with E-state index in [1.54, 1.807) is 0 Å². The number of anilines is 1. The van der Waals surface area contributed by atoms with E-state index in [1.165, 1.54) is 4.90 Å². The highest BCUT2D eigenvalue weighted by Crippen LogP contribution is 2.43. The first kappa shape index (κ1) is 22.5. The number of carbonyl (C=O) groups is 2. The third kappa shape index (κ3) is 2.80. The predicted molar refractivity (Wildman–Crippen MR) is 155 cm³/mol. The van der Waals surface area contributed by atoms with Crippen LogP contribution in [0.15, 0.2) is 84.9 Å². The van der Waals surface area contributed by atoms with E-state index >= 15 is 0 Å². The van der Waals surface area contributed by atoms with Crippen LogP contribution in [0.25, 0.3) is 38.3 Å². The van der Waals surface area contributed by atoms with Gasteiger partial charge in [0, 0.05) is 16.2 Å². The summed E-state index contributed by atoms with van der Waals surface area (Å²) in [5, 5.41) is 4.13. The number of amides is 2. The average molecular weight is 495 g/mol. The minimum Gasteiger partial charge on any atom is -0.308 e. The van der Waals surface area contributed by atoms with Crippen LogP contribution < -0.4 is 4.90 Å². The van der Waals surface area contributed by atoms with Gasteiger partial charge in [-0.25, -0.2) is 4.90 Å². The fourth-order valence-electron chi connectivity index (χ4n) is 6.24. The molecule has 6 aromatic rings. The molecule has 0 fully saturated rings. The number of nitrogens with zero attached hydrogens (tertiary/aromatic N) is 2. The molecule has 0 aliphatic carbocycles. The molecule has 4 nitrogen and oxygen atoms in total. The Morgan fingerprint density at radius 2 is 1.05 bits per heavy atom. The maximum Gasteiger partial charge on any atom is 0.268 e. The molecule has 184 valence electrons. The molecule has 2 heterocycles. The van der Waals surface area contributed by atoms with Crippen LogP contribution in [0.5, 0.6) is 0 Å². The van der Waals surface area contributed by atoms with Gasteiger partial charge < -0.3 is 4.57 Å². The molecule has 0 radical (unpaired) electrons. The summed E-state index contributed by atoms with van der Waals surface area (Å²) in [5.74, 6) is -0.528. The van der Waals surface area contributed by atoms with Crippen molar-refractivity contribution in [3.8, 4) is 5.69 Å². The van der Waals surface area contributed by atoms with Crippen LogP contribution in [0.1, 0.15) is 43.0 Å². The number of benzene rings is 5. The summed E-state index contributed by atoms with van der Waals surface area (Å²) >= 11 is 0. The molecule has 0 N–H and O–H groups in total. The number of aryl methyl sites for hydroxylation is 1. The molecule has 0 bridgehead atoms. The summed E-state index contributed by atoms with van der Waals surface area (Å²) in [7, 11) is 0. The van der Waals surface area contributed by atoms with Gasteiger partial charge in [0.2, 0.25) is 0 Å². The van der Waals surface area contributed by atoms with Gasteiger partial charge in [0.15, 0.2) is 0 Å². The Kier molecular flexibility index (Phi) is 4.67. The maximum atomic E-state index is 14.5. The number of aromatic nitrogens is 1. The topological polar surface area (TPSA) is 42.3 Å². The molecule has 1 aliphatic rings. The van der Waals surface area contributed by atoms with Crippen LogP contribution in [0, 0.1) is 27.7 Å². The van der Waals surface area contributed by atoms with Crippen LogP contribution in [0.3, 0.4) is 0 Å². The van der Waals surface area contributed by atoms with Gasteiger partial charge in [-0.15, -0.1) is 0 Å². The third-order valence-corrected chi connectivity index (χ3v) is 8.31. The van der Waals surface area contributed by atoms with Crippen LogP contribution in [-0.4, -0.2) is 16.4 Å². The van der Waals surface area contributed by atoms with Crippen LogP contribution in [0.4, 0.5) is 5.69 Å². The van der Waals surface area contributed by atoms with Gasteiger partial charge in [-0.05, 0) is 67.5 Å². The second kappa shape index (κ2) is 7.90. The molecule has 1 aliphatic heterocycles. The van der Waals surface area contributed by atoms with E-state index in [2.05, 4.69) is 35.8 Å². The highest BCUT2D eigenvalue weighted by molar-refractivity contribution is 6.38. The van der Waals surface area contributed by atoms with Gasteiger partial charge in [-0.2, -0.15) is 0 Å².